The summed E-state index contributed by atoms with van der Waals surface area (Å²) in [5.41, 5.74) is 13.8. The Morgan fingerprint density at radius 2 is 1.09 bits per heavy atom. The van der Waals surface area contributed by atoms with Crippen LogP contribution in [0, 0.1) is 11.3 Å². The average Bonchev–Trinajstić information content (AvgIpc) is 3.78. The zero-order valence-electron chi connectivity index (χ0n) is 25.4. The maximum absolute atomic E-state index is 9.49. The van der Waals surface area contributed by atoms with E-state index in [-0.39, 0.29) is 0 Å². The standard InChI is InChI=1S/C43H29N3/c1-28-21-26-39-38-19-10-17-36(43(38)46(41(28)39)30-11-3-2-4-12-30)33-14-6-5-13-32(33)35-16-9-18-37-34-15-7-8-20-40(34)45(42(35)37)31-24-22-29(27-44)23-25-31/h2-26,28H,1H3. The van der Waals surface area contributed by atoms with Gasteiger partial charge in [0.05, 0.1) is 28.2 Å². The Balaban J connectivity index is 1.37. The average molecular weight is 588 g/mol. The molecular weight excluding hydrogens is 558 g/mol. The van der Waals surface area contributed by atoms with Gasteiger partial charge in [0.1, 0.15) is 0 Å². The molecule has 0 saturated heterocycles. The van der Waals surface area contributed by atoms with Gasteiger partial charge in [-0.05, 0) is 53.6 Å². The fourth-order valence-electron chi connectivity index (χ4n) is 7.54. The number of nitrogens with zero attached hydrogens (tertiary/aromatic N) is 3. The van der Waals surface area contributed by atoms with Crippen molar-refractivity contribution in [1.29, 1.82) is 5.26 Å². The van der Waals surface area contributed by atoms with E-state index in [1.54, 1.807) is 0 Å². The smallest absolute Gasteiger partial charge is 0.0991 e. The second-order valence-electron chi connectivity index (χ2n) is 12.1. The third-order valence-electron chi connectivity index (χ3n) is 9.52. The lowest BCUT2D eigenvalue weighted by Crippen LogP contribution is -2.02. The summed E-state index contributed by atoms with van der Waals surface area (Å²) in [5.74, 6) is 0.322. The molecule has 8 aromatic rings. The minimum absolute atomic E-state index is 0.322. The molecule has 216 valence electrons. The van der Waals surface area contributed by atoms with Crippen LogP contribution in [0.15, 0.2) is 146 Å². The zero-order chi connectivity index (χ0) is 30.8. The van der Waals surface area contributed by atoms with Crippen molar-refractivity contribution < 1.29 is 0 Å². The van der Waals surface area contributed by atoms with Gasteiger partial charge in [0.15, 0.2) is 0 Å². The Morgan fingerprint density at radius 1 is 0.522 bits per heavy atom. The molecule has 1 atom stereocenters. The second kappa shape index (κ2) is 10.2. The Morgan fingerprint density at radius 3 is 1.80 bits per heavy atom. The molecule has 0 fully saturated rings. The molecule has 3 heteroatoms. The third kappa shape index (κ3) is 3.77. The van der Waals surface area contributed by atoms with E-state index in [0.29, 0.717) is 11.5 Å². The number of hydrogen-bond donors (Lipinski definition) is 0. The van der Waals surface area contributed by atoms with Crippen molar-refractivity contribution in [3.05, 3.63) is 162 Å². The fraction of sp³-hybridized carbons (Fsp3) is 0.0465. The van der Waals surface area contributed by atoms with Gasteiger partial charge in [0.2, 0.25) is 0 Å². The van der Waals surface area contributed by atoms with Gasteiger partial charge in [-0.1, -0.05) is 116 Å². The summed E-state index contributed by atoms with van der Waals surface area (Å²) >= 11 is 0. The van der Waals surface area contributed by atoms with Crippen LogP contribution in [0.1, 0.15) is 29.7 Å². The molecule has 6 aromatic carbocycles. The molecule has 46 heavy (non-hydrogen) atoms. The molecule has 0 amide bonds. The van der Waals surface area contributed by atoms with Gasteiger partial charge in [-0.2, -0.15) is 5.26 Å². The number of allylic oxidation sites excluding steroid dienone is 1. The van der Waals surface area contributed by atoms with Gasteiger partial charge in [0, 0.05) is 55.8 Å². The van der Waals surface area contributed by atoms with Crippen molar-refractivity contribution in [2.45, 2.75) is 12.8 Å². The molecule has 0 bridgehead atoms. The van der Waals surface area contributed by atoms with E-state index in [0.717, 1.165) is 16.7 Å². The molecule has 0 saturated carbocycles. The van der Waals surface area contributed by atoms with E-state index >= 15 is 0 Å². The van der Waals surface area contributed by atoms with Crippen LogP contribution in [0.5, 0.6) is 0 Å². The lowest BCUT2D eigenvalue weighted by molar-refractivity contribution is 0.881. The lowest BCUT2D eigenvalue weighted by Gasteiger charge is -2.18. The molecule has 2 aromatic heterocycles. The summed E-state index contributed by atoms with van der Waals surface area (Å²) in [6.45, 7) is 2.29. The Bertz CT molecular complexity index is 2540. The van der Waals surface area contributed by atoms with Gasteiger partial charge in [-0.25, -0.2) is 0 Å². The predicted octanol–water partition coefficient (Wildman–Crippen LogP) is 11.1. The Labute approximate surface area is 267 Å². The predicted molar refractivity (Wildman–Crippen MR) is 191 cm³/mol. The normalized spacial score (nSPS) is 13.9. The highest BCUT2D eigenvalue weighted by Gasteiger charge is 2.27. The first-order valence-electron chi connectivity index (χ1n) is 15.8. The first kappa shape index (κ1) is 26.3. The molecule has 1 aliphatic rings. The number of rotatable bonds is 4. The van der Waals surface area contributed by atoms with Gasteiger partial charge in [-0.3, -0.25) is 0 Å². The van der Waals surface area contributed by atoms with Crippen molar-refractivity contribution in [1.82, 2.24) is 9.13 Å². The SMILES string of the molecule is CC1C=Cc2c1n(-c1ccccc1)c1c(-c3ccccc3-c3cccc4c5ccccc5n(-c5ccc(C#N)cc5)c34)cccc21. The molecule has 2 heterocycles. The number of aromatic nitrogens is 2. The second-order valence-corrected chi connectivity index (χ2v) is 12.1. The van der Waals surface area contributed by atoms with Gasteiger partial charge < -0.3 is 9.13 Å². The monoisotopic (exact) mass is 587 g/mol. The van der Waals surface area contributed by atoms with Crippen LogP contribution in [0.2, 0.25) is 0 Å². The van der Waals surface area contributed by atoms with Gasteiger partial charge in [0.25, 0.3) is 0 Å². The highest BCUT2D eigenvalue weighted by molar-refractivity contribution is 6.15. The number of benzene rings is 6. The quantitative estimate of drug-likeness (QED) is 0.202. The van der Waals surface area contributed by atoms with Crippen LogP contribution >= 0.6 is 0 Å². The van der Waals surface area contributed by atoms with Crippen molar-refractivity contribution in [2.24, 2.45) is 0 Å². The molecule has 0 spiro atoms. The van der Waals surface area contributed by atoms with Crippen LogP contribution in [0.25, 0.3) is 72.4 Å². The minimum atomic E-state index is 0.322. The molecule has 0 aliphatic heterocycles. The lowest BCUT2D eigenvalue weighted by atomic mass is 9.92. The highest BCUT2D eigenvalue weighted by atomic mass is 15.0. The molecule has 9 rings (SSSR count). The number of nitriles is 1. The minimum Gasteiger partial charge on any atom is -0.312 e. The van der Waals surface area contributed by atoms with Gasteiger partial charge in [-0.15, -0.1) is 0 Å². The topological polar surface area (TPSA) is 33.6 Å². The number of para-hydroxylation sites is 4. The Hall–Kier alpha value is -6.11. The van der Waals surface area contributed by atoms with Gasteiger partial charge >= 0.3 is 0 Å². The van der Waals surface area contributed by atoms with E-state index in [2.05, 4.69) is 162 Å². The molecule has 3 nitrogen and oxygen atoms in total. The largest absolute Gasteiger partial charge is 0.312 e. The summed E-state index contributed by atoms with van der Waals surface area (Å²) in [6, 6.07) is 51.8. The zero-order valence-corrected chi connectivity index (χ0v) is 25.4. The van der Waals surface area contributed by atoms with E-state index < -0.39 is 0 Å². The van der Waals surface area contributed by atoms with Crippen molar-refractivity contribution >= 4 is 38.8 Å². The summed E-state index contributed by atoms with van der Waals surface area (Å²) < 4.78 is 4.84. The van der Waals surface area contributed by atoms with E-state index in [9.17, 15) is 5.26 Å². The summed E-state index contributed by atoms with van der Waals surface area (Å²) in [4.78, 5) is 0. The maximum Gasteiger partial charge on any atom is 0.0991 e. The van der Waals surface area contributed by atoms with Crippen molar-refractivity contribution in [3.8, 4) is 39.7 Å². The molecule has 0 N–H and O–H groups in total. The fourth-order valence-corrected chi connectivity index (χ4v) is 7.54. The first-order chi connectivity index (χ1) is 22.7. The van der Waals surface area contributed by atoms with Crippen molar-refractivity contribution in [2.75, 3.05) is 0 Å². The van der Waals surface area contributed by atoms with Crippen LogP contribution < -0.4 is 0 Å². The number of hydrogen-bond acceptors (Lipinski definition) is 1. The first-order valence-corrected chi connectivity index (χ1v) is 15.8. The maximum atomic E-state index is 9.49. The van der Waals surface area contributed by atoms with Crippen molar-refractivity contribution in [3.63, 3.8) is 0 Å². The summed E-state index contributed by atoms with van der Waals surface area (Å²) in [5, 5.41) is 13.2. The summed E-state index contributed by atoms with van der Waals surface area (Å²) in [7, 11) is 0. The molecule has 0 radical (unpaired) electrons. The summed E-state index contributed by atoms with van der Waals surface area (Å²) in [6.07, 6.45) is 4.61. The van der Waals surface area contributed by atoms with Crippen LogP contribution in [0.3, 0.4) is 0 Å². The van der Waals surface area contributed by atoms with Crippen LogP contribution in [0.4, 0.5) is 0 Å². The molecular formula is C43H29N3. The van der Waals surface area contributed by atoms with Crippen LogP contribution in [-0.2, 0) is 0 Å². The van der Waals surface area contributed by atoms with E-state index in [4.69, 9.17) is 0 Å². The third-order valence-corrected chi connectivity index (χ3v) is 9.52. The van der Waals surface area contributed by atoms with E-state index in [1.165, 1.54) is 60.9 Å². The highest BCUT2D eigenvalue weighted by Crippen LogP contribution is 2.46. The Kier molecular flexibility index (Phi) is 5.85. The van der Waals surface area contributed by atoms with Crippen LogP contribution in [-0.4, -0.2) is 9.13 Å². The molecule has 1 aliphatic carbocycles. The number of fused-ring (bicyclic) bond motifs is 6. The van der Waals surface area contributed by atoms with E-state index in [1.807, 2.05) is 12.1 Å². The molecule has 1 unspecified atom stereocenters.